The van der Waals surface area contributed by atoms with Gasteiger partial charge < -0.3 is 15.7 Å². The molecule has 1 aliphatic heterocycles. The van der Waals surface area contributed by atoms with Crippen LogP contribution in [0.4, 0.5) is 11.8 Å². The fourth-order valence-electron chi connectivity index (χ4n) is 2.61. The molecule has 102 valence electrons. The van der Waals surface area contributed by atoms with Crippen molar-refractivity contribution in [1.29, 1.82) is 0 Å². The second kappa shape index (κ2) is 4.94. The van der Waals surface area contributed by atoms with E-state index in [2.05, 4.69) is 27.9 Å². The molecule has 0 atom stereocenters. The first kappa shape index (κ1) is 12.6. The molecule has 19 heavy (non-hydrogen) atoms. The third-order valence-corrected chi connectivity index (χ3v) is 4.63. The lowest BCUT2D eigenvalue weighted by atomic mass is 9.98. The van der Waals surface area contributed by atoms with Crippen molar-refractivity contribution in [1.82, 2.24) is 9.97 Å². The fraction of sp³-hybridized carbons (Fsp3) is 0.538. The monoisotopic (exact) mass is 278 g/mol. The molecule has 1 saturated heterocycles. The van der Waals surface area contributed by atoms with Gasteiger partial charge in [0.15, 0.2) is 0 Å². The van der Waals surface area contributed by atoms with Gasteiger partial charge in [0.2, 0.25) is 5.95 Å². The fourth-order valence-corrected chi connectivity index (χ4v) is 3.49. The van der Waals surface area contributed by atoms with Gasteiger partial charge in [0.1, 0.15) is 10.6 Å². The first-order chi connectivity index (χ1) is 9.17. The van der Waals surface area contributed by atoms with Crippen LogP contribution in [-0.2, 0) is 0 Å². The molecule has 3 heterocycles. The van der Waals surface area contributed by atoms with Crippen LogP contribution in [0.3, 0.4) is 0 Å². The zero-order valence-electron chi connectivity index (χ0n) is 11.0. The molecule has 3 rings (SSSR count). The Morgan fingerprint density at radius 2 is 2.16 bits per heavy atom. The van der Waals surface area contributed by atoms with Crippen molar-refractivity contribution < 1.29 is 5.11 Å². The topological polar surface area (TPSA) is 75.3 Å². The van der Waals surface area contributed by atoms with E-state index in [1.54, 1.807) is 11.3 Å². The van der Waals surface area contributed by atoms with E-state index >= 15 is 0 Å². The number of nitrogen functional groups attached to an aromatic ring is 1. The molecule has 0 aromatic carbocycles. The number of nitrogens with zero attached hydrogens (tertiary/aromatic N) is 3. The second-order valence-electron chi connectivity index (χ2n) is 5.09. The number of hydrogen-bond acceptors (Lipinski definition) is 6. The molecule has 2 aromatic heterocycles. The van der Waals surface area contributed by atoms with Crippen molar-refractivity contribution in [2.24, 2.45) is 5.92 Å². The van der Waals surface area contributed by atoms with Crippen LogP contribution in [0, 0.1) is 12.8 Å². The quantitative estimate of drug-likeness (QED) is 0.876. The Labute approximate surface area is 116 Å². The molecule has 0 bridgehead atoms. The number of fused-ring (bicyclic) bond motifs is 1. The Kier molecular flexibility index (Phi) is 3.28. The number of nitrogens with two attached hydrogens (primary N) is 1. The van der Waals surface area contributed by atoms with Gasteiger partial charge in [-0.2, -0.15) is 4.98 Å². The Hall–Kier alpha value is -1.40. The molecular weight excluding hydrogens is 260 g/mol. The van der Waals surface area contributed by atoms with E-state index in [1.165, 1.54) is 4.88 Å². The van der Waals surface area contributed by atoms with E-state index in [0.717, 1.165) is 42.0 Å². The van der Waals surface area contributed by atoms with Gasteiger partial charge in [-0.15, -0.1) is 11.3 Å². The van der Waals surface area contributed by atoms with Crippen LogP contribution in [0.5, 0.6) is 0 Å². The number of aliphatic hydroxyl groups excluding tert-OH is 1. The van der Waals surface area contributed by atoms with Gasteiger partial charge >= 0.3 is 0 Å². The molecule has 1 aliphatic rings. The van der Waals surface area contributed by atoms with Crippen LogP contribution in [0.1, 0.15) is 17.7 Å². The molecule has 0 radical (unpaired) electrons. The molecule has 3 N–H and O–H groups in total. The summed E-state index contributed by atoms with van der Waals surface area (Å²) in [5.41, 5.74) is 5.81. The van der Waals surface area contributed by atoms with Crippen molar-refractivity contribution in [2.75, 3.05) is 30.3 Å². The summed E-state index contributed by atoms with van der Waals surface area (Å²) in [6.07, 6.45) is 2.01. The molecule has 5 nitrogen and oxygen atoms in total. The van der Waals surface area contributed by atoms with E-state index in [4.69, 9.17) is 5.73 Å². The summed E-state index contributed by atoms with van der Waals surface area (Å²) in [6, 6.07) is 2.13. The maximum Gasteiger partial charge on any atom is 0.223 e. The number of aliphatic hydroxyl groups is 1. The summed E-state index contributed by atoms with van der Waals surface area (Å²) in [5, 5.41) is 10.3. The smallest absolute Gasteiger partial charge is 0.223 e. The molecule has 0 spiro atoms. The van der Waals surface area contributed by atoms with Gasteiger partial charge in [0.25, 0.3) is 0 Å². The van der Waals surface area contributed by atoms with Crippen LogP contribution in [0.25, 0.3) is 10.2 Å². The van der Waals surface area contributed by atoms with E-state index < -0.39 is 0 Å². The van der Waals surface area contributed by atoms with E-state index in [1.807, 2.05) is 0 Å². The Balaban J connectivity index is 1.96. The maximum atomic E-state index is 9.20. The molecule has 6 heteroatoms. The van der Waals surface area contributed by atoms with Gasteiger partial charge in [0.05, 0.1) is 5.39 Å². The average molecular weight is 278 g/mol. The number of thiophene rings is 1. The van der Waals surface area contributed by atoms with Crippen molar-refractivity contribution in [3.05, 3.63) is 10.9 Å². The largest absolute Gasteiger partial charge is 0.396 e. The van der Waals surface area contributed by atoms with Crippen molar-refractivity contribution >= 4 is 33.3 Å². The predicted molar refractivity (Wildman–Crippen MR) is 78.6 cm³/mol. The Morgan fingerprint density at radius 3 is 2.84 bits per heavy atom. The van der Waals surface area contributed by atoms with Crippen LogP contribution >= 0.6 is 11.3 Å². The molecule has 0 aliphatic carbocycles. The van der Waals surface area contributed by atoms with Gasteiger partial charge in [0, 0.05) is 24.6 Å². The van der Waals surface area contributed by atoms with Gasteiger partial charge in [-0.05, 0) is 31.7 Å². The molecule has 0 amide bonds. The number of aromatic nitrogens is 2. The maximum absolute atomic E-state index is 9.20. The minimum Gasteiger partial charge on any atom is -0.396 e. The van der Waals surface area contributed by atoms with Crippen LogP contribution in [0.15, 0.2) is 6.07 Å². The predicted octanol–water partition coefficient (Wildman–Crippen LogP) is 1.79. The van der Waals surface area contributed by atoms with Gasteiger partial charge in [-0.1, -0.05) is 0 Å². The molecule has 0 unspecified atom stereocenters. The number of piperidine rings is 1. The third kappa shape index (κ3) is 2.37. The third-order valence-electron chi connectivity index (χ3n) is 3.69. The summed E-state index contributed by atoms with van der Waals surface area (Å²) >= 11 is 1.65. The highest BCUT2D eigenvalue weighted by Crippen LogP contribution is 2.33. The zero-order chi connectivity index (χ0) is 13.4. The summed E-state index contributed by atoms with van der Waals surface area (Å²) in [7, 11) is 0. The minimum absolute atomic E-state index is 0.284. The van der Waals surface area contributed by atoms with Crippen LogP contribution in [-0.4, -0.2) is 34.8 Å². The summed E-state index contributed by atoms with van der Waals surface area (Å²) in [4.78, 5) is 13.2. The normalized spacial score (nSPS) is 17.3. The SMILES string of the molecule is Cc1cc2c(N3CCC(CO)CC3)nc(N)nc2s1. The molecule has 0 saturated carbocycles. The lowest BCUT2D eigenvalue weighted by molar-refractivity contribution is 0.203. The minimum atomic E-state index is 0.284. The number of anilines is 2. The van der Waals surface area contributed by atoms with Crippen LogP contribution in [0.2, 0.25) is 0 Å². The standard InChI is InChI=1S/C13H18N4OS/c1-8-6-10-11(15-13(14)16-12(10)19-8)17-4-2-9(7-18)3-5-17/h6,9,18H,2-5,7H2,1H3,(H2,14,15,16). The Bertz CT molecular complexity index is 590. The number of hydrogen-bond donors (Lipinski definition) is 2. The van der Waals surface area contributed by atoms with Gasteiger partial charge in [-0.25, -0.2) is 4.98 Å². The van der Waals surface area contributed by atoms with Crippen LogP contribution < -0.4 is 10.6 Å². The van der Waals surface area contributed by atoms with Crippen molar-refractivity contribution in [2.45, 2.75) is 19.8 Å². The van der Waals surface area contributed by atoms with Crippen molar-refractivity contribution in [3.8, 4) is 0 Å². The van der Waals surface area contributed by atoms with E-state index in [0.29, 0.717) is 11.9 Å². The average Bonchev–Trinajstić information content (AvgIpc) is 2.78. The summed E-state index contributed by atoms with van der Waals surface area (Å²) in [5.74, 6) is 1.71. The Morgan fingerprint density at radius 1 is 1.42 bits per heavy atom. The first-order valence-electron chi connectivity index (χ1n) is 6.57. The lowest BCUT2D eigenvalue weighted by Crippen LogP contribution is -2.35. The summed E-state index contributed by atoms with van der Waals surface area (Å²) < 4.78 is 0. The van der Waals surface area contributed by atoms with E-state index in [-0.39, 0.29) is 6.61 Å². The van der Waals surface area contributed by atoms with Gasteiger partial charge in [-0.3, -0.25) is 0 Å². The van der Waals surface area contributed by atoms with Crippen molar-refractivity contribution in [3.63, 3.8) is 0 Å². The molecular formula is C13H18N4OS. The highest BCUT2D eigenvalue weighted by molar-refractivity contribution is 7.18. The summed E-state index contributed by atoms with van der Waals surface area (Å²) in [6.45, 7) is 4.20. The highest BCUT2D eigenvalue weighted by Gasteiger charge is 2.22. The number of aryl methyl sites for hydroxylation is 1. The highest BCUT2D eigenvalue weighted by atomic mass is 32.1. The first-order valence-corrected chi connectivity index (χ1v) is 7.38. The second-order valence-corrected chi connectivity index (χ2v) is 6.33. The number of rotatable bonds is 2. The van der Waals surface area contributed by atoms with E-state index in [9.17, 15) is 5.11 Å². The molecule has 1 fully saturated rings. The lowest BCUT2D eigenvalue weighted by Gasteiger charge is -2.32. The molecule has 2 aromatic rings. The zero-order valence-corrected chi connectivity index (χ0v) is 11.8.